The second-order valence-corrected chi connectivity index (χ2v) is 5.73. The van der Waals surface area contributed by atoms with Gasteiger partial charge in [0.05, 0.1) is 0 Å². The molecular formula is C18H17ClN2O. The summed E-state index contributed by atoms with van der Waals surface area (Å²) >= 11 is 6.01. The van der Waals surface area contributed by atoms with E-state index in [0.29, 0.717) is 6.42 Å². The fourth-order valence-electron chi connectivity index (χ4n) is 2.44. The third-order valence-electron chi connectivity index (χ3n) is 3.54. The molecule has 0 fully saturated rings. The summed E-state index contributed by atoms with van der Waals surface area (Å²) in [4.78, 5) is 15.0. The van der Waals surface area contributed by atoms with Crippen LogP contribution in [0.15, 0.2) is 48.5 Å². The molecule has 1 heterocycles. The van der Waals surface area contributed by atoms with Crippen LogP contribution in [0.4, 0.5) is 5.69 Å². The highest BCUT2D eigenvalue weighted by molar-refractivity contribution is 6.31. The van der Waals surface area contributed by atoms with Gasteiger partial charge in [0.2, 0.25) is 5.91 Å². The molecule has 22 heavy (non-hydrogen) atoms. The van der Waals surface area contributed by atoms with Crippen molar-refractivity contribution in [3.63, 3.8) is 0 Å². The van der Waals surface area contributed by atoms with Gasteiger partial charge in [-0.2, -0.15) is 0 Å². The summed E-state index contributed by atoms with van der Waals surface area (Å²) in [6.07, 6.45) is 1.39. The van der Waals surface area contributed by atoms with Crippen molar-refractivity contribution in [1.82, 2.24) is 4.98 Å². The monoisotopic (exact) mass is 312 g/mol. The van der Waals surface area contributed by atoms with Crippen molar-refractivity contribution in [3.05, 3.63) is 53.6 Å². The summed E-state index contributed by atoms with van der Waals surface area (Å²) in [6, 6.07) is 15.7. The molecule has 3 aromatic rings. The van der Waals surface area contributed by atoms with Gasteiger partial charge in [0.15, 0.2) is 0 Å². The first-order valence-electron chi connectivity index (χ1n) is 7.34. The quantitative estimate of drug-likeness (QED) is 0.681. The van der Waals surface area contributed by atoms with Crippen LogP contribution in [-0.2, 0) is 4.79 Å². The molecule has 0 aliphatic rings. The van der Waals surface area contributed by atoms with Crippen LogP contribution in [0.5, 0.6) is 0 Å². The van der Waals surface area contributed by atoms with Crippen molar-refractivity contribution in [2.75, 3.05) is 5.32 Å². The van der Waals surface area contributed by atoms with E-state index >= 15 is 0 Å². The molecule has 3 nitrogen and oxygen atoms in total. The highest BCUT2D eigenvalue weighted by Gasteiger charge is 2.05. The van der Waals surface area contributed by atoms with Gasteiger partial charge < -0.3 is 10.3 Å². The summed E-state index contributed by atoms with van der Waals surface area (Å²) in [5, 5.41) is 4.70. The van der Waals surface area contributed by atoms with Crippen LogP contribution in [0, 0.1) is 0 Å². The van der Waals surface area contributed by atoms with Gasteiger partial charge in [-0.3, -0.25) is 4.79 Å². The van der Waals surface area contributed by atoms with E-state index in [-0.39, 0.29) is 5.91 Å². The highest BCUT2D eigenvalue weighted by Crippen LogP contribution is 2.27. The van der Waals surface area contributed by atoms with Gasteiger partial charge >= 0.3 is 0 Å². The van der Waals surface area contributed by atoms with Crippen molar-refractivity contribution in [2.45, 2.75) is 19.8 Å². The summed E-state index contributed by atoms with van der Waals surface area (Å²) in [7, 11) is 0. The number of hydrogen-bond acceptors (Lipinski definition) is 1. The van der Waals surface area contributed by atoms with Crippen molar-refractivity contribution in [3.8, 4) is 11.3 Å². The van der Waals surface area contributed by atoms with Crippen LogP contribution < -0.4 is 5.32 Å². The lowest BCUT2D eigenvalue weighted by atomic mass is 10.1. The number of nitrogens with one attached hydrogen (secondary N) is 2. The van der Waals surface area contributed by atoms with Crippen molar-refractivity contribution < 1.29 is 4.79 Å². The number of hydrogen-bond donors (Lipinski definition) is 2. The largest absolute Gasteiger partial charge is 0.355 e. The average Bonchev–Trinajstić information content (AvgIpc) is 2.91. The third kappa shape index (κ3) is 3.15. The number of anilines is 1. The standard InChI is InChI=1S/C18H17ClN2O/c1-2-3-18(22)20-15-7-4-12(5-8-15)17-11-13-10-14(19)6-9-16(13)21-17/h4-11,21H,2-3H2,1H3,(H,20,22). The second kappa shape index (κ2) is 6.24. The molecule has 0 aliphatic carbocycles. The molecule has 4 heteroatoms. The number of aromatic amines is 1. The Morgan fingerprint density at radius 1 is 1.14 bits per heavy atom. The zero-order chi connectivity index (χ0) is 15.5. The topological polar surface area (TPSA) is 44.9 Å². The normalized spacial score (nSPS) is 10.8. The Balaban J connectivity index is 1.83. The zero-order valence-electron chi connectivity index (χ0n) is 12.3. The van der Waals surface area contributed by atoms with Gasteiger partial charge in [0, 0.05) is 33.7 Å². The van der Waals surface area contributed by atoms with E-state index in [2.05, 4.69) is 16.4 Å². The molecule has 3 rings (SSSR count). The molecule has 0 atom stereocenters. The van der Waals surface area contributed by atoms with E-state index < -0.39 is 0 Å². The molecule has 0 saturated carbocycles. The lowest BCUT2D eigenvalue weighted by Gasteiger charge is -2.05. The van der Waals surface area contributed by atoms with Crippen molar-refractivity contribution in [1.29, 1.82) is 0 Å². The van der Waals surface area contributed by atoms with E-state index in [1.165, 1.54) is 0 Å². The van der Waals surface area contributed by atoms with Crippen LogP contribution >= 0.6 is 11.6 Å². The Hall–Kier alpha value is -2.26. The van der Waals surface area contributed by atoms with Gasteiger partial charge in [-0.25, -0.2) is 0 Å². The molecule has 0 unspecified atom stereocenters. The molecular weight excluding hydrogens is 296 g/mol. The molecule has 0 bridgehead atoms. The first-order valence-corrected chi connectivity index (χ1v) is 7.72. The van der Waals surface area contributed by atoms with Gasteiger partial charge in [-0.1, -0.05) is 30.7 Å². The maximum absolute atomic E-state index is 11.6. The fourth-order valence-corrected chi connectivity index (χ4v) is 2.62. The van der Waals surface area contributed by atoms with E-state index in [9.17, 15) is 4.79 Å². The first-order chi connectivity index (χ1) is 10.7. The highest BCUT2D eigenvalue weighted by atomic mass is 35.5. The Morgan fingerprint density at radius 3 is 2.64 bits per heavy atom. The van der Waals surface area contributed by atoms with E-state index in [1.54, 1.807) is 0 Å². The maximum Gasteiger partial charge on any atom is 0.224 e. The maximum atomic E-state index is 11.6. The number of carbonyl (C=O) groups excluding carboxylic acids is 1. The van der Waals surface area contributed by atoms with Crippen LogP contribution in [0.2, 0.25) is 5.02 Å². The third-order valence-corrected chi connectivity index (χ3v) is 3.77. The molecule has 1 aromatic heterocycles. The van der Waals surface area contributed by atoms with E-state index in [1.807, 2.05) is 49.4 Å². The van der Waals surface area contributed by atoms with Crippen LogP contribution in [0.25, 0.3) is 22.2 Å². The summed E-state index contributed by atoms with van der Waals surface area (Å²) in [6.45, 7) is 1.99. The fraction of sp³-hybridized carbons (Fsp3) is 0.167. The number of carbonyl (C=O) groups is 1. The molecule has 2 N–H and O–H groups in total. The molecule has 0 saturated heterocycles. The molecule has 0 aliphatic heterocycles. The molecule has 1 amide bonds. The predicted octanol–water partition coefficient (Wildman–Crippen LogP) is 5.23. The first kappa shape index (κ1) is 14.7. The summed E-state index contributed by atoms with van der Waals surface area (Å²) < 4.78 is 0. The lowest BCUT2D eigenvalue weighted by molar-refractivity contribution is -0.116. The Kier molecular flexibility index (Phi) is 4.16. The second-order valence-electron chi connectivity index (χ2n) is 5.29. The van der Waals surface area contributed by atoms with Gasteiger partial charge in [-0.05, 0) is 48.4 Å². The van der Waals surface area contributed by atoms with Gasteiger partial charge in [0.25, 0.3) is 0 Å². The number of rotatable bonds is 4. The Labute approximate surface area is 134 Å². The van der Waals surface area contributed by atoms with Crippen molar-refractivity contribution >= 4 is 34.1 Å². The minimum absolute atomic E-state index is 0.0514. The van der Waals surface area contributed by atoms with Crippen LogP contribution in [0.1, 0.15) is 19.8 Å². The zero-order valence-corrected chi connectivity index (χ0v) is 13.1. The lowest BCUT2D eigenvalue weighted by Crippen LogP contribution is -2.10. The number of H-pyrrole nitrogens is 1. The SMILES string of the molecule is CCCC(=O)Nc1ccc(-c2cc3cc(Cl)ccc3[nH]2)cc1. The minimum atomic E-state index is 0.0514. The van der Waals surface area contributed by atoms with E-state index in [0.717, 1.165) is 39.3 Å². The number of benzene rings is 2. The van der Waals surface area contributed by atoms with Crippen LogP contribution in [-0.4, -0.2) is 10.9 Å². The molecule has 0 radical (unpaired) electrons. The van der Waals surface area contributed by atoms with Gasteiger partial charge in [0.1, 0.15) is 0 Å². The number of aromatic nitrogens is 1. The van der Waals surface area contributed by atoms with E-state index in [4.69, 9.17) is 11.6 Å². The Morgan fingerprint density at radius 2 is 1.91 bits per heavy atom. The number of fused-ring (bicyclic) bond motifs is 1. The summed E-state index contributed by atoms with van der Waals surface area (Å²) in [5.41, 5.74) is 3.98. The summed E-state index contributed by atoms with van der Waals surface area (Å²) in [5.74, 6) is 0.0514. The molecule has 0 spiro atoms. The van der Waals surface area contributed by atoms with Crippen molar-refractivity contribution in [2.24, 2.45) is 0 Å². The smallest absolute Gasteiger partial charge is 0.224 e. The molecule has 112 valence electrons. The molecule has 2 aromatic carbocycles. The Bertz CT molecular complexity index is 806. The predicted molar refractivity (Wildman–Crippen MR) is 92.3 cm³/mol. The average molecular weight is 313 g/mol. The minimum Gasteiger partial charge on any atom is -0.355 e. The van der Waals surface area contributed by atoms with Gasteiger partial charge in [-0.15, -0.1) is 0 Å². The number of amides is 1. The number of halogens is 1. The van der Waals surface area contributed by atoms with Crippen LogP contribution in [0.3, 0.4) is 0 Å².